The van der Waals surface area contributed by atoms with E-state index in [1.165, 1.54) is 11.1 Å². The molecule has 1 fully saturated rings. The van der Waals surface area contributed by atoms with Gasteiger partial charge in [0.25, 0.3) is 10.1 Å². The molecule has 1 aromatic carbocycles. The van der Waals surface area contributed by atoms with Crippen LogP contribution in [0, 0.1) is 18.8 Å². The molecule has 2 unspecified atom stereocenters. The Morgan fingerprint density at radius 2 is 1.88 bits per heavy atom. The van der Waals surface area contributed by atoms with Crippen molar-refractivity contribution in [3.8, 4) is 0 Å². The van der Waals surface area contributed by atoms with E-state index in [1.54, 1.807) is 0 Å². The van der Waals surface area contributed by atoms with E-state index < -0.39 is 10.1 Å². The van der Waals surface area contributed by atoms with Gasteiger partial charge in [-0.25, -0.2) is 0 Å². The minimum Gasteiger partial charge on any atom is -0.270 e. The fourth-order valence-electron chi connectivity index (χ4n) is 2.00. The molecule has 2 atom stereocenters. The molecule has 1 saturated carbocycles. The SMILES string of the molecule is Cc1ccc(CC2CC2COS(C)(=O)=O)cc1. The van der Waals surface area contributed by atoms with Gasteiger partial charge in [-0.3, -0.25) is 4.18 Å². The third-order valence-electron chi connectivity index (χ3n) is 3.18. The summed E-state index contributed by atoms with van der Waals surface area (Å²) in [6.45, 7) is 2.42. The minimum atomic E-state index is -3.28. The predicted molar refractivity (Wildman–Crippen MR) is 67.3 cm³/mol. The van der Waals surface area contributed by atoms with Crippen LogP contribution in [0.3, 0.4) is 0 Å². The molecule has 1 aliphatic rings. The van der Waals surface area contributed by atoms with Gasteiger partial charge in [0.15, 0.2) is 0 Å². The van der Waals surface area contributed by atoms with Crippen LogP contribution in [0.5, 0.6) is 0 Å². The van der Waals surface area contributed by atoms with Crippen molar-refractivity contribution in [1.29, 1.82) is 0 Å². The maximum absolute atomic E-state index is 10.8. The lowest BCUT2D eigenvalue weighted by Crippen LogP contribution is -2.06. The van der Waals surface area contributed by atoms with Crippen molar-refractivity contribution in [3.63, 3.8) is 0 Å². The smallest absolute Gasteiger partial charge is 0.264 e. The highest BCUT2D eigenvalue weighted by Gasteiger charge is 2.37. The monoisotopic (exact) mass is 254 g/mol. The van der Waals surface area contributed by atoms with Crippen LogP contribution in [-0.4, -0.2) is 21.3 Å². The van der Waals surface area contributed by atoms with Crippen LogP contribution in [0.2, 0.25) is 0 Å². The maximum atomic E-state index is 10.8. The van der Waals surface area contributed by atoms with Crippen LogP contribution < -0.4 is 0 Å². The summed E-state index contributed by atoms with van der Waals surface area (Å²) in [6, 6.07) is 8.50. The van der Waals surface area contributed by atoms with E-state index in [4.69, 9.17) is 4.18 Å². The van der Waals surface area contributed by atoms with Crippen LogP contribution in [0.1, 0.15) is 17.5 Å². The van der Waals surface area contributed by atoms with Gasteiger partial charge in [-0.15, -0.1) is 0 Å². The van der Waals surface area contributed by atoms with Crippen molar-refractivity contribution in [2.45, 2.75) is 19.8 Å². The zero-order chi connectivity index (χ0) is 12.5. The van der Waals surface area contributed by atoms with E-state index >= 15 is 0 Å². The molecule has 0 heterocycles. The van der Waals surface area contributed by atoms with Gasteiger partial charge in [0.05, 0.1) is 12.9 Å². The number of rotatable bonds is 5. The molecule has 0 radical (unpaired) electrons. The molecule has 4 heteroatoms. The van der Waals surface area contributed by atoms with Crippen molar-refractivity contribution in [2.24, 2.45) is 11.8 Å². The van der Waals surface area contributed by atoms with E-state index in [9.17, 15) is 8.42 Å². The van der Waals surface area contributed by atoms with E-state index in [0.29, 0.717) is 18.4 Å². The van der Waals surface area contributed by atoms with Crippen LogP contribution in [0.15, 0.2) is 24.3 Å². The Morgan fingerprint density at radius 1 is 1.24 bits per heavy atom. The summed E-state index contributed by atoms with van der Waals surface area (Å²) in [6.07, 6.45) is 3.20. The number of aryl methyl sites for hydroxylation is 1. The van der Waals surface area contributed by atoms with Crippen molar-refractivity contribution in [3.05, 3.63) is 35.4 Å². The molecule has 17 heavy (non-hydrogen) atoms. The number of hydrogen-bond donors (Lipinski definition) is 0. The fraction of sp³-hybridized carbons (Fsp3) is 0.538. The van der Waals surface area contributed by atoms with Crippen LogP contribution >= 0.6 is 0 Å². The topological polar surface area (TPSA) is 43.4 Å². The standard InChI is InChI=1S/C13H18O3S/c1-10-3-5-11(6-4-10)7-12-8-13(12)9-16-17(2,14)15/h3-6,12-13H,7-9H2,1-2H3. The van der Waals surface area contributed by atoms with Gasteiger partial charge in [0.2, 0.25) is 0 Å². The molecular formula is C13H18O3S. The van der Waals surface area contributed by atoms with E-state index in [-0.39, 0.29) is 0 Å². The Bertz CT molecular complexity index is 476. The first kappa shape index (κ1) is 12.6. The van der Waals surface area contributed by atoms with Gasteiger partial charge in [-0.1, -0.05) is 29.8 Å². The molecule has 2 rings (SSSR count). The molecule has 0 amide bonds. The second kappa shape index (κ2) is 4.78. The van der Waals surface area contributed by atoms with E-state index in [2.05, 4.69) is 31.2 Å². The Morgan fingerprint density at radius 3 is 2.47 bits per heavy atom. The van der Waals surface area contributed by atoms with Gasteiger partial charge >= 0.3 is 0 Å². The molecule has 3 nitrogen and oxygen atoms in total. The minimum absolute atomic E-state index is 0.343. The summed E-state index contributed by atoms with van der Waals surface area (Å²) < 4.78 is 26.5. The Kier molecular flexibility index (Phi) is 3.54. The molecule has 1 aromatic rings. The van der Waals surface area contributed by atoms with Crippen molar-refractivity contribution < 1.29 is 12.6 Å². The molecule has 0 aromatic heterocycles. The fourth-order valence-corrected chi connectivity index (χ4v) is 2.42. The van der Waals surface area contributed by atoms with Crippen molar-refractivity contribution in [1.82, 2.24) is 0 Å². The van der Waals surface area contributed by atoms with E-state index in [0.717, 1.165) is 19.1 Å². The van der Waals surface area contributed by atoms with Crippen LogP contribution in [0.4, 0.5) is 0 Å². The predicted octanol–water partition coefficient (Wildman–Crippen LogP) is 2.15. The zero-order valence-electron chi connectivity index (χ0n) is 10.2. The lowest BCUT2D eigenvalue weighted by Gasteiger charge is -2.02. The van der Waals surface area contributed by atoms with Gasteiger partial charge in [0.1, 0.15) is 0 Å². The highest BCUT2D eigenvalue weighted by Crippen LogP contribution is 2.41. The Labute approximate surface area is 103 Å². The summed E-state index contributed by atoms with van der Waals surface area (Å²) in [5, 5.41) is 0. The highest BCUT2D eigenvalue weighted by molar-refractivity contribution is 7.85. The summed E-state index contributed by atoms with van der Waals surface area (Å²) in [5.41, 5.74) is 2.59. The van der Waals surface area contributed by atoms with Crippen LogP contribution in [0.25, 0.3) is 0 Å². The zero-order valence-corrected chi connectivity index (χ0v) is 11.0. The lowest BCUT2D eigenvalue weighted by molar-refractivity contribution is 0.297. The maximum Gasteiger partial charge on any atom is 0.264 e. The summed E-state index contributed by atoms with van der Waals surface area (Å²) >= 11 is 0. The first-order chi connectivity index (χ1) is 7.94. The van der Waals surface area contributed by atoms with Crippen molar-refractivity contribution >= 4 is 10.1 Å². The quantitative estimate of drug-likeness (QED) is 0.756. The molecule has 0 saturated heterocycles. The average Bonchev–Trinajstić information content (AvgIpc) is 2.96. The largest absolute Gasteiger partial charge is 0.270 e. The molecule has 0 N–H and O–H groups in total. The first-order valence-corrected chi connectivity index (χ1v) is 7.65. The highest BCUT2D eigenvalue weighted by atomic mass is 32.2. The molecule has 1 aliphatic carbocycles. The molecule has 0 aliphatic heterocycles. The van der Waals surface area contributed by atoms with Crippen LogP contribution in [-0.2, 0) is 20.7 Å². The molecule has 0 bridgehead atoms. The summed E-state index contributed by atoms with van der Waals surface area (Å²) in [7, 11) is -3.28. The van der Waals surface area contributed by atoms with Gasteiger partial charge < -0.3 is 0 Å². The second-order valence-corrected chi connectivity index (χ2v) is 6.58. The second-order valence-electron chi connectivity index (χ2n) is 4.93. The Hall–Kier alpha value is -0.870. The molecular weight excluding hydrogens is 236 g/mol. The van der Waals surface area contributed by atoms with Gasteiger partial charge in [-0.05, 0) is 37.2 Å². The Balaban J connectivity index is 1.78. The first-order valence-electron chi connectivity index (χ1n) is 5.84. The third-order valence-corrected chi connectivity index (χ3v) is 3.75. The lowest BCUT2D eigenvalue weighted by atomic mass is 10.1. The normalized spacial score (nSPS) is 23.6. The van der Waals surface area contributed by atoms with Gasteiger partial charge in [0, 0.05) is 0 Å². The molecule has 94 valence electrons. The average molecular weight is 254 g/mol. The summed E-state index contributed by atoms with van der Waals surface area (Å²) in [4.78, 5) is 0. The summed E-state index contributed by atoms with van der Waals surface area (Å²) in [5.74, 6) is 0.991. The number of hydrogen-bond acceptors (Lipinski definition) is 3. The number of benzene rings is 1. The van der Waals surface area contributed by atoms with Gasteiger partial charge in [-0.2, -0.15) is 8.42 Å². The molecule has 0 spiro atoms. The van der Waals surface area contributed by atoms with E-state index in [1.807, 2.05) is 0 Å². The van der Waals surface area contributed by atoms with Crippen molar-refractivity contribution in [2.75, 3.05) is 12.9 Å². The third kappa shape index (κ3) is 4.13.